The van der Waals surface area contributed by atoms with Crippen LogP contribution in [0, 0.1) is 11.2 Å². The van der Waals surface area contributed by atoms with E-state index in [0.29, 0.717) is 0 Å². The van der Waals surface area contributed by atoms with E-state index in [4.69, 9.17) is 5.11 Å². The van der Waals surface area contributed by atoms with Crippen molar-refractivity contribution in [2.75, 3.05) is 18.4 Å². The Balaban J connectivity index is 2.11. The Hall–Kier alpha value is -2.45. The van der Waals surface area contributed by atoms with Crippen molar-refractivity contribution < 1.29 is 32.6 Å². The van der Waals surface area contributed by atoms with Gasteiger partial charge >= 0.3 is 18.6 Å². The predicted octanol–water partition coefficient (Wildman–Crippen LogP) is 2.76. The van der Waals surface area contributed by atoms with Gasteiger partial charge in [-0.1, -0.05) is 0 Å². The predicted molar refractivity (Wildman–Crippen MR) is 74.0 cm³/mol. The highest BCUT2D eigenvalue weighted by Crippen LogP contribution is 2.32. The number of benzene rings is 1. The molecule has 1 aliphatic rings. The fourth-order valence-electron chi connectivity index (χ4n) is 2.30. The Morgan fingerprint density at radius 3 is 2.70 bits per heavy atom. The number of carboxylic acids is 1. The first-order valence-electron chi connectivity index (χ1n) is 6.75. The maximum absolute atomic E-state index is 13.1. The number of carboxylic acid groups (broad SMARTS) is 1. The monoisotopic (exact) mass is 332 g/mol. The molecule has 1 aromatic rings. The summed E-state index contributed by atoms with van der Waals surface area (Å²) in [5.41, 5.74) is -1.18. The minimum atomic E-state index is -3.17. The number of carbonyl (C=O) groups excluding carboxylic acids is 1. The van der Waals surface area contributed by atoms with Crippen LogP contribution in [0.3, 0.4) is 0 Å². The number of rotatable bonds is 4. The lowest BCUT2D eigenvalue weighted by Crippen LogP contribution is -2.37. The van der Waals surface area contributed by atoms with E-state index in [0.717, 1.165) is 18.2 Å². The number of aliphatic carboxylic acids is 1. The molecule has 1 fully saturated rings. The van der Waals surface area contributed by atoms with E-state index in [1.165, 1.54) is 11.8 Å². The second-order valence-electron chi connectivity index (χ2n) is 5.49. The van der Waals surface area contributed by atoms with Gasteiger partial charge in [-0.2, -0.15) is 8.78 Å². The molecule has 0 saturated carbocycles. The zero-order chi connectivity index (χ0) is 17.2. The molecule has 0 aromatic heterocycles. The summed E-state index contributed by atoms with van der Waals surface area (Å²) in [6.45, 7) is -1.46. The molecule has 2 amide bonds. The zero-order valence-corrected chi connectivity index (χ0v) is 12.2. The van der Waals surface area contributed by atoms with E-state index in [9.17, 15) is 22.8 Å². The van der Waals surface area contributed by atoms with Gasteiger partial charge < -0.3 is 20.1 Å². The van der Waals surface area contributed by atoms with Crippen LogP contribution in [0.15, 0.2) is 18.2 Å². The van der Waals surface area contributed by atoms with Gasteiger partial charge in [-0.15, -0.1) is 0 Å². The number of ether oxygens (including phenoxy) is 1. The highest BCUT2D eigenvalue weighted by atomic mass is 19.3. The number of nitrogens with one attached hydrogen (secondary N) is 1. The molecule has 1 aliphatic heterocycles. The molecule has 6 nitrogen and oxygen atoms in total. The highest BCUT2D eigenvalue weighted by Gasteiger charge is 2.42. The van der Waals surface area contributed by atoms with Crippen LogP contribution in [0.2, 0.25) is 0 Å². The molecule has 23 heavy (non-hydrogen) atoms. The van der Waals surface area contributed by atoms with Crippen LogP contribution < -0.4 is 10.1 Å². The van der Waals surface area contributed by atoms with Gasteiger partial charge in [0.05, 0.1) is 11.1 Å². The zero-order valence-electron chi connectivity index (χ0n) is 12.2. The summed E-state index contributed by atoms with van der Waals surface area (Å²) in [5, 5.41) is 11.5. The summed E-state index contributed by atoms with van der Waals surface area (Å²) in [7, 11) is 0. The van der Waals surface area contributed by atoms with Gasteiger partial charge in [-0.3, -0.25) is 4.79 Å². The second-order valence-corrected chi connectivity index (χ2v) is 5.49. The summed E-state index contributed by atoms with van der Waals surface area (Å²) in [6, 6.07) is 2.14. The van der Waals surface area contributed by atoms with Crippen molar-refractivity contribution in [1.82, 2.24) is 4.90 Å². The van der Waals surface area contributed by atoms with Gasteiger partial charge in [0.1, 0.15) is 5.82 Å². The van der Waals surface area contributed by atoms with E-state index in [-0.39, 0.29) is 25.2 Å². The Kier molecular flexibility index (Phi) is 4.67. The molecule has 9 heteroatoms. The smallest absolute Gasteiger partial charge is 0.387 e. The van der Waals surface area contributed by atoms with Gasteiger partial charge in [-0.25, -0.2) is 9.18 Å². The normalized spacial score (nSPS) is 20.7. The first kappa shape index (κ1) is 16.9. The Morgan fingerprint density at radius 2 is 2.13 bits per heavy atom. The molecule has 2 N–H and O–H groups in total. The van der Waals surface area contributed by atoms with E-state index in [1.54, 1.807) is 0 Å². The average Bonchev–Trinajstić information content (AvgIpc) is 2.85. The summed E-state index contributed by atoms with van der Waals surface area (Å²) in [6.07, 6.45) is 0.277. The molecular weight excluding hydrogens is 317 g/mol. The minimum absolute atomic E-state index is 0.0135. The Morgan fingerprint density at radius 1 is 1.43 bits per heavy atom. The number of urea groups is 1. The lowest BCUT2D eigenvalue weighted by Gasteiger charge is -2.21. The maximum Gasteiger partial charge on any atom is 0.387 e. The molecule has 0 aliphatic carbocycles. The number of likely N-dealkylation sites (tertiary alicyclic amines) is 1. The maximum atomic E-state index is 13.1. The highest BCUT2D eigenvalue weighted by molar-refractivity contribution is 5.92. The van der Waals surface area contributed by atoms with Crippen molar-refractivity contribution in [2.24, 2.45) is 5.41 Å². The largest absolute Gasteiger partial charge is 0.481 e. The molecule has 126 valence electrons. The van der Waals surface area contributed by atoms with Crippen molar-refractivity contribution >= 4 is 17.7 Å². The van der Waals surface area contributed by atoms with Crippen LogP contribution >= 0.6 is 0 Å². The number of hydrogen-bond acceptors (Lipinski definition) is 3. The van der Waals surface area contributed by atoms with Gasteiger partial charge in [0.15, 0.2) is 5.75 Å². The average molecular weight is 332 g/mol. The molecule has 0 spiro atoms. The molecule has 1 atom stereocenters. The van der Waals surface area contributed by atoms with Crippen LogP contribution in [0.4, 0.5) is 23.7 Å². The third-order valence-electron chi connectivity index (χ3n) is 3.68. The van der Waals surface area contributed by atoms with Gasteiger partial charge in [0.25, 0.3) is 0 Å². The van der Waals surface area contributed by atoms with E-state index in [1.807, 2.05) is 0 Å². The number of halogens is 3. The van der Waals surface area contributed by atoms with Crippen molar-refractivity contribution in [2.45, 2.75) is 20.0 Å². The number of carbonyl (C=O) groups is 2. The van der Waals surface area contributed by atoms with Crippen molar-refractivity contribution in [3.05, 3.63) is 24.0 Å². The van der Waals surface area contributed by atoms with Crippen molar-refractivity contribution in [3.8, 4) is 5.75 Å². The van der Waals surface area contributed by atoms with Crippen LogP contribution in [-0.4, -0.2) is 41.7 Å². The first-order chi connectivity index (χ1) is 10.7. The number of hydrogen-bond donors (Lipinski definition) is 2. The molecule has 0 radical (unpaired) electrons. The Bertz CT molecular complexity index is 626. The molecule has 1 unspecified atom stereocenters. The van der Waals surface area contributed by atoms with Crippen LogP contribution in [0.5, 0.6) is 5.75 Å². The molecule has 1 saturated heterocycles. The number of amides is 2. The van der Waals surface area contributed by atoms with Gasteiger partial charge in [0.2, 0.25) is 0 Å². The Labute approximate surface area is 129 Å². The van der Waals surface area contributed by atoms with Gasteiger partial charge in [0, 0.05) is 19.2 Å². The lowest BCUT2D eigenvalue weighted by atomic mass is 9.90. The number of anilines is 1. The lowest BCUT2D eigenvalue weighted by molar-refractivity contribution is -0.146. The van der Waals surface area contributed by atoms with E-state index >= 15 is 0 Å². The standard InChI is InChI=1S/C14H15F3N2O4/c1-14(11(20)21)4-5-19(7-14)13(22)18-9-3-2-8(15)6-10(9)23-12(16)17/h2-3,6,12H,4-5,7H2,1H3,(H,18,22)(H,20,21). The summed E-state index contributed by atoms with van der Waals surface area (Å²) in [4.78, 5) is 24.5. The first-order valence-corrected chi connectivity index (χ1v) is 6.75. The summed E-state index contributed by atoms with van der Waals surface area (Å²) in [5.74, 6) is -2.32. The number of alkyl halides is 2. The molecule has 1 aromatic carbocycles. The summed E-state index contributed by atoms with van der Waals surface area (Å²) >= 11 is 0. The van der Waals surface area contributed by atoms with Crippen LogP contribution in [0.25, 0.3) is 0 Å². The molecule has 1 heterocycles. The quantitative estimate of drug-likeness (QED) is 0.889. The van der Waals surface area contributed by atoms with Crippen LogP contribution in [0.1, 0.15) is 13.3 Å². The minimum Gasteiger partial charge on any atom is -0.481 e. The fourth-order valence-corrected chi connectivity index (χ4v) is 2.30. The summed E-state index contributed by atoms with van der Waals surface area (Å²) < 4.78 is 41.9. The second kappa shape index (κ2) is 6.35. The topological polar surface area (TPSA) is 78.9 Å². The van der Waals surface area contributed by atoms with Crippen LogP contribution in [-0.2, 0) is 4.79 Å². The van der Waals surface area contributed by atoms with Crippen molar-refractivity contribution in [1.29, 1.82) is 0 Å². The van der Waals surface area contributed by atoms with Crippen molar-refractivity contribution in [3.63, 3.8) is 0 Å². The third-order valence-corrected chi connectivity index (χ3v) is 3.68. The van der Waals surface area contributed by atoms with E-state index in [2.05, 4.69) is 10.1 Å². The number of nitrogens with zero attached hydrogens (tertiary/aromatic N) is 1. The van der Waals surface area contributed by atoms with Gasteiger partial charge in [-0.05, 0) is 25.5 Å². The SMILES string of the molecule is CC1(C(=O)O)CCN(C(=O)Nc2ccc(F)cc2OC(F)F)C1. The molecular formula is C14H15F3N2O4. The van der Waals surface area contributed by atoms with E-state index < -0.39 is 35.6 Å². The molecule has 0 bridgehead atoms. The third kappa shape index (κ3) is 3.85. The molecule has 2 rings (SSSR count). The fraction of sp³-hybridized carbons (Fsp3) is 0.429.